The zero-order valence-corrected chi connectivity index (χ0v) is 13.3. The molecule has 0 unspecified atom stereocenters. The molecule has 1 aromatic heterocycles. The first-order chi connectivity index (χ1) is 11.8. The average Bonchev–Trinajstić information content (AvgIpc) is 3.14. The van der Waals surface area contributed by atoms with Gasteiger partial charge in [-0.2, -0.15) is 0 Å². The Balaban J connectivity index is 1.92. The van der Waals surface area contributed by atoms with Crippen molar-refractivity contribution in [1.29, 1.82) is 0 Å². The lowest BCUT2D eigenvalue weighted by Crippen LogP contribution is -2.03. The van der Waals surface area contributed by atoms with Gasteiger partial charge >= 0.3 is 0 Å². The van der Waals surface area contributed by atoms with Crippen LogP contribution in [0.2, 0.25) is 0 Å². The number of rotatable bonds is 0. The summed E-state index contributed by atoms with van der Waals surface area (Å²) in [5, 5.41) is 5.09. The van der Waals surface area contributed by atoms with E-state index in [-0.39, 0.29) is 0 Å². The zero-order valence-electron chi connectivity index (χ0n) is 13.3. The molecule has 0 amide bonds. The molecule has 5 aromatic rings. The standard InChI is InChI=1S/C22H13BO/c23-17-11-16-13-8-3-5-12-6-4-9-15(19(12)13)20(16)22-21(17)14-7-1-2-10-18(14)24-22/h1-11H,23H2. The number of para-hydroxylation sites is 1. The Morgan fingerprint density at radius 2 is 1.50 bits per heavy atom. The van der Waals surface area contributed by atoms with Crippen LogP contribution in [0.3, 0.4) is 0 Å². The van der Waals surface area contributed by atoms with E-state index in [2.05, 4.69) is 68.5 Å². The Bertz CT molecular complexity index is 1310. The Morgan fingerprint density at radius 3 is 2.38 bits per heavy atom. The van der Waals surface area contributed by atoms with Crippen LogP contribution in [-0.4, -0.2) is 7.85 Å². The summed E-state index contributed by atoms with van der Waals surface area (Å²) in [5.41, 5.74) is 8.43. The summed E-state index contributed by atoms with van der Waals surface area (Å²) in [6.07, 6.45) is 0. The predicted octanol–water partition coefficient (Wildman–Crippen LogP) is 4.65. The molecule has 24 heavy (non-hydrogen) atoms. The van der Waals surface area contributed by atoms with Crippen LogP contribution in [0.4, 0.5) is 0 Å². The highest BCUT2D eigenvalue weighted by Crippen LogP contribution is 2.50. The molecule has 0 aliphatic heterocycles. The maximum atomic E-state index is 6.34. The molecular weight excluding hydrogens is 291 g/mol. The van der Waals surface area contributed by atoms with Gasteiger partial charge in [-0.1, -0.05) is 66.1 Å². The van der Waals surface area contributed by atoms with Crippen molar-refractivity contribution in [1.82, 2.24) is 0 Å². The van der Waals surface area contributed by atoms with E-state index in [1.54, 1.807) is 0 Å². The van der Waals surface area contributed by atoms with Crippen LogP contribution >= 0.6 is 0 Å². The molecule has 4 aromatic carbocycles. The minimum atomic E-state index is 0.965. The SMILES string of the molecule is Bc1cc2c(c3oc4ccccc4c13)-c1cccc3cccc-2c13. The summed E-state index contributed by atoms with van der Waals surface area (Å²) in [4.78, 5) is 0. The van der Waals surface area contributed by atoms with Crippen molar-refractivity contribution >= 4 is 46.0 Å². The van der Waals surface area contributed by atoms with E-state index in [0.717, 1.165) is 11.2 Å². The van der Waals surface area contributed by atoms with Crippen LogP contribution in [0.5, 0.6) is 0 Å². The first-order valence-electron chi connectivity index (χ1n) is 8.30. The van der Waals surface area contributed by atoms with Crippen molar-refractivity contribution in [2.75, 3.05) is 0 Å². The first kappa shape index (κ1) is 12.4. The summed E-state index contributed by atoms with van der Waals surface area (Å²) < 4.78 is 6.34. The normalized spacial score (nSPS) is 12.3. The van der Waals surface area contributed by atoms with E-state index in [1.165, 1.54) is 49.3 Å². The fourth-order valence-electron chi connectivity index (χ4n) is 4.35. The van der Waals surface area contributed by atoms with Crippen molar-refractivity contribution in [3.05, 3.63) is 66.7 Å². The third kappa shape index (κ3) is 1.33. The van der Waals surface area contributed by atoms with Gasteiger partial charge in [0.05, 0.1) is 0 Å². The van der Waals surface area contributed by atoms with Crippen LogP contribution in [0.25, 0.3) is 55.0 Å². The molecule has 0 N–H and O–H groups in total. The molecule has 1 nitrogen and oxygen atoms in total. The van der Waals surface area contributed by atoms with Gasteiger partial charge in [-0.05, 0) is 33.5 Å². The van der Waals surface area contributed by atoms with Crippen molar-refractivity contribution in [3.63, 3.8) is 0 Å². The van der Waals surface area contributed by atoms with Gasteiger partial charge in [0.1, 0.15) is 19.0 Å². The van der Waals surface area contributed by atoms with Crippen LogP contribution < -0.4 is 5.46 Å². The monoisotopic (exact) mass is 304 g/mol. The van der Waals surface area contributed by atoms with Crippen LogP contribution in [0, 0.1) is 0 Å². The minimum absolute atomic E-state index is 0.965. The number of hydrogen-bond acceptors (Lipinski definition) is 1. The Morgan fingerprint density at radius 1 is 0.708 bits per heavy atom. The third-order valence-electron chi connectivity index (χ3n) is 5.31. The lowest BCUT2D eigenvalue weighted by atomic mass is 9.86. The van der Waals surface area contributed by atoms with E-state index in [4.69, 9.17) is 4.42 Å². The molecule has 1 aliphatic rings. The number of fused-ring (bicyclic) bond motifs is 7. The maximum absolute atomic E-state index is 6.34. The van der Waals surface area contributed by atoms with Gasteiger partial charge in [0.2, 0.25) is 0 Å². The molecule has 0 spiro atoms. The molecule has 1 aliphatic carbocycles. The summed E-state index contributed by atoms with van der Waals surface area (Å²) in [7, 11) is 2.19. The highest BCUT2D eigenvalue weighted by Gasteiger charge is 2.26. The Hall–Kier alpha value is -3.00. The molecule has 6 rings (SSSR count). The van der Waals surface area contributed by atoms with Gasteiger partial charge in [0.25, 0.3) is 0 Å². The third-order valence-corrected chi connectivity index (χ3v) is 5.31. The summed E-state index contributed by atoms with van der Waals surface area (Å²) >= 11 is 0. The molecule has 0 saturated carbocycles. The van der Waals surface area contributed by atoms with Gasteiger partial charge in [-0.25, -0.2) is 0 Å². The quantitative estimate of drug-likeness (QED) is 0.372. The smallest absolute Gasteiger partial charge is 0.143 e. The second-order valence-electron chi connectivity index (χ2n) is 6.63. The highest BCUT2D eigenvalue weighted by molar-refractivity contribution is 6.43. The van der Waals surface area contributed by atoms with Crippen LogP contribution in [0.15, 0.2) is 71.1 Å². The van der Waals surface area contributed by atoms with Gasteiger partial charge in [0, 0.05) is 16.3 Å². The summed E-state index contributed by atoms with van der Waals surface area (Å²) in [6.45, 7) is 0. The fraction of sp³-hybridized carbons (Fsp3) is 0. The molecule has 110 valence electrons. The molecule has 2 heteroatoms. The average molecular weight is 304 g/mol. The van der Waals surface area contributed by atoms with Crippen LogP contribution in [-0.2, 0) is 0 Å². The van der Waals surface area contributed by atoms with Crippen molar-refractivity contribution in [3.8, 4) is 22.3 Å². The van der Waals surface area contributed by atoms with E-state index >= 15 is 0 Å². The maximum Gasteiger partial charge on any atom is 0.143 e. The Labute approximate surface area is 139 Å². The second kappa shape index (κ2) is 4.10. The minimum Gasteiger partial charge on any atom is -0.455 e. The molecule has 1 heterocycles. The number of hydrogen-bond donors (Lipinski definition) is 0. The topological polar surface area (TPSA) is 13.1 Å². The largest absolute Gasteiger partial charge is 0.455 e. The summed E-state index contributed by atoms with van der Waals surface area (Å²) in [5.74, 6) is 0. The van der Waals surface area contributed by atoms with Crippen molar-refractivity contribution < 1.29 is 4.42 Å². The lowest BCUT2D eigenvalue weighted by Gasteiger charge is -2.06. The van der Waals surface area contributed by atoms with E-state index in [9.17, 15) is 0 Å². The second-order valence-corrected chi connectivity index (χ2v) is 6.63. The number of benzene rings is 4. The van der Waals surface area contributed by atoms with E-state index in [1.807, 2.05) is 6.07 Å². The lowest BCUT2D eigenvalue weighted by molar-refractivity contribution is 0.670. The molecule has 0 fully saturated rings. The van der Waals surface area contributed by atoms with Gasteiger partial charge in [-0.15, -0.1) is 0 Å². The molecule has 0 bridgehead atoms. The molecule has 0 saturated heterocycles. The van der Waals surface area contributed by atoms with Crippen molar-refractivity contribution in [2.24, 2.45) is 0 Å². The fourth-order valence-corrected chi connectivity index (χ4v) is 4.35. The van der Waals surface area contributed by atoms with Crippen molar-refractivity contribution in [2.45, 2.75) is 0 Å². The number of furan rings is 1. The summed E-state index contributed by atoms with van der Waals surface area (Å²) in [6, 6.07) is 23.8. The van der Waals surface area contributed by atoms with Gasteiger partial charge < -0.3 is 4.42 Å². The van der Waals surface area contributed by atoms with Crippen LogP contribution in [0.1, 0.15) is 0 Å². The zero-order chi connectivity index (χ0) is 15.8. The van der Waals surface area contributed by atoms with Gasteiger partial charge in [-0.3, -0.25) is 0 Å². The Kier molecular flexibility index (Phi) is 2.12. The van der Waals surface area contributed by atoms with Gasteiger partial charge in [0.15, 0.2) is 0 Å². The van der Waals surface area contributed by atoms with E-state index in [0.29, 0.717) is 0 Å². The first-order valence-corrected chi connectivity index (χ1v) is 8.30. The molecular formula is C22H13BO. The molecule has 0 radical (unpaired) electrons. The highest BCUT2D eigenvalue weighted by atomic mass is 16.3. The molecule has 0 atom stereocenters. The van der Waals surface area contributed by atoms with E-state index < -0.39 is 0 Å². The predicted molar refractivity (Wildman–Crippen MR) is 104 cm³/mol.